The first-order valence-corrected chi connectivity index (χ1v) is 10.4. The first kappa shape index (κ1) is 21.3. The fourth-order valence-corrected chi connectivity index (χ4v) is 3.40. The van der Waals surface area contributed by atoms with Crippen molar-refractivity contribution in [2.24, 2.45) is 0 Å². The van der Waals surface area contributed by atoms with Gasteiger partial charge in [-0.25, -0.2) is 0 Å². The predicted octanol–water partition coefficient (Wildman–Crippen LogP) is 5.66. The molecule has 0 unspecified atom stereocenters. The number of benzene rings is 2. The van der Waals surface area contributed by atoms with Crippen LogP contribution in [0.1, 0.15) is 24.6 Å². The van der Waals surface area contributed by atoms with Crippen LogP contribution in [0.15, 0.2) is 66.9 Å². The minimum absolute atomic E-state index is 0.00709. The molecular formula is C23H24Cl2N2O2. The normalized spacial score (nSPS) is 10.7. The molecule has 0 saturated heterocycles. The molecule has 0 atom stereocenters. The molecular weight excluding hydrogens is 407 g/mol. The van der Waals surface area contributed by atoms with E-state index in [1.54, 1.807) is 24.3 Å². The van der Waals surface area contributed by atoms with Crippen LogP contribution in [0, 0.1) is 0 Å². The fraction of sp³-hybridized carbons (Fsp3) is 0.261. The van der Waals surface area contributed by atoms with Gasteiger partial charge in [0.25, 0.3) is 5.91 Å². The van der Waals surface area contributed by atoms with Gasteiger partial charge in [-0.2, -0.15) is 0 Å². The van der Waals surface area contributed by atoms with Gasteiger partial charge in [0, 0.05) is 35.0 Å². The van der Waals surface area contributed by atoms with Gasteiger partial charge in [-0.15, -0.1) is 0 Å². The average Bonchev–Trinajstić information content (AvgIpc) is 3.15. The Bertz CT molecular complexity index is 938. The lowest BCUT2D eigenvalue weighted by Gasteiger charge is -2.23. The zero-order valence-electron chi connectivity index (χ0n) is 16.4. The molecule has 2 aromatic carbocycles. The van der Waals surface area contributed by atoms with Gasteiger partial charge < -0.3 is 14.2 Å². The molecule has 4 nitrogen and oxygen atoms in total. The van der Waals surface area contributed by atoms with Crippen LogP contribution >= 0.6 is 23.2 Å². The van der Waals surface area contributed by atoms with Gasteiger partial charge in [0.2, 0.25) is 0 Å². The Morgan fingerprint density at radius 1 is 1.03 bits per heavy atom. The van der Waals surface area contributed by atoms with Gasteiger partial charge >= 0.3 is 0 Å². The summed E-state index contributed by atoms with van der Waals surface area (Å²) in [7, 11) is 0. The first-order chi connectivity index (χ1) is 14.1. The molecule has 0 spiro atoms. The number of ether oxygens (including phenoxy) is 1. The highest BCUT2D eigenvalue weighted by atomic mass is 35.5. The number of nitrogens with zero attached hydrogens (tertiary/aromatic N) is 2. The Hall–Kier alpha value is -2.43. The van der Waals surface area contributed by atoms with Gasteiger partial charge in [0.15, 0.2) is 6.61 Å². The summed E-state index contributed by atoms with van der Waals surface area (Å²) in [5, 5.41) is 1.38. The Balaban J connectivity index is 1.65. The Labute approximate surface area is 181 Å². The topological polar surface area (TPSA) is 34.5 Å². The van der Waals surface area contributed by atoms with Crippen molar-refractivity contribution in [1.29, 1.82) is 0 Å². The minimum Gasteiger partial charge on any atom is -0.484 e. The summed E-state index contributed by atoms with van der Waals surface area (Å²) in [5.74, 6) is 0.577. The fourth-order valence-electron chi connectivity index (χ4n) is 3.08. The van der Waals surface area contributed by atoms with E-state index in [1.807, 2.05) is 47.5 Å². The maximum Gasteiger partial charge on any atom is 0.260 e. The minimum atomic E-state index is -0.0488. The zero-order chi connectivity index (χ0) is 20.6. The molecule has 29 heavy (non-hydrogen) atoms. The van der Waals surface area contributed by atoms with E-state index in [2.05, 4.69) is 11.5 Å². The molecule has 3 rings (SSSR count). The molecule has 0 bridgehead atoms. The van der Waals surface area contributed by atoms with Gasteiger partial charge in [-0.3, -0.25) is 4.79 Å². The number of carbonyl (C=O) groups is 1. The summed E-state index contributed by atoms with van der Waals surface area (Å²) in [6, 6.07) is 18.8. The molecule has 1 aromatic heterocycles. The largest absolute Gasteiger partial charge is 0.484 e. The lowest BCUT2D eigenvalue weighted by Crippen LogP contribution is -2.35. The summed E-state index contributed by atoms with van der Waals surface area (Å²) in [4.78, 5) is 14.6. The number of hydrogen-bond acceptors (Lipinski definition) is 2. The highest BCUT2D eigenvalue weighted by Gasteiger charge is 2.16. The van der Waals surface area contributed by atoms with Crippen molar-refractivity contribution in [2.45, 2.75) is 26.4 Å². The molecule has 0 aliphatic carbocycles. The van der Waals surface area contributed by atoms with Crippen LogP contribution in [0.4, 0.5) is 0 Å². The van der Waals surface area contributed by atoms with Crippen molar-refractivity contribution in [1.82, 2.24) is 9.47 Å². The third-order valence-corrected chi connectivity index (χ3v) is 5.22. The van der Waals surface area contributed by atoms with Crippen LogP contribution in [0.3, 0.4) is 0 Å². The van der Waals surface area contributed by atoms with Crippen molar-refractivity contribution >= 4 is 29.1 Å². The smallest absolute Gasteiger partial charge is 0.260 e. The van der Waals surface area contributed by atoms with E-state index >= 15 is 0 Å². The van der Waals surface area contributed by atoms with Gasteiger partial charge in [0.05, 0.1) is 6.54 Å². The van der Waals surface area contributed by atoms with Crippen LogP contribution in [0.25, 0.3) is 0 Å². The molecule has 1 heterocycles. The highest BCUT2D eigenvalue weighted by Crippen LogP contribution is 2.19. The first-order valence-electron chi connectivity index (χ1n) is 9.60. The third-order valence-electron chi connectivity index (χ3n) is 4.60. The van der Waals surface area contributed by atoms with Crippen molar-refractivity contribution in [2.75, 3.05) is 13.2 Å². The zero-order valence-corrected chi connectivity index (χ0v) is 17.9. The molecule has 0 saturated carbocycles. The number of halogens is 2. The number of carbonyl (C=O) groups excluding carboxylic acids is 1. The van der Waals surface area contributed by atoms with E-state index in [0.29, 0.717) is 30.4 Å². The van der Waals surface area contributed by atoms with E-state index in [9.17, 15) is 4.79 Å². The van der Waals surface area contributed by atoms with Crippen molar-refractivity contribution in [3.05, 3.63) is 88.2 Å². The summed E-state index contributed by atoms with van der Waals surface area (Å²) >= 11 is 12.2. The van der Waals surface area contributed by atoms with Crippen LogP contribution < -0.4 is 4.74 Å². The standard InChI is InChI=1S/C23H24Cl2N2O2/c1-2-13-27(23(28)17-29-21-11-9-19(24)10-12-21)16-20-7-5-14-26(20)15-18-6-3-4-8-22(18)25/h3-12,14H,2,13,15-17H2,1H3. The Morgan fingerprint density at radius 2 is 1.79 bits per heavy atom. The molecule has 6 heteroatoms. The van der Waals surface area contributed by atoms with E-state index in [4.69, 9.17) is 27.9 Å². The monoisotopic (exact) mass is 430 g/mol. The molecule has 0 radical (unpaired) electrons. The molecule has 1 amide bonds. The number of hydrogen-bond donors (Lipinski definition) is 0. The number of amides is 1. The lowest BCUT2D eigenvalue weighted by molar-refractivity contribution is -0.134. The van der Waals surface area contributed by atoms with Crippen molar-refractivity contribution in [3.8, 4) is 5.75 Å². The quantitative estimate of drug-likeness (QED) is 0.438. The maximum atomic E-state index is 12.8. The lowest BCUT2D eigenvalue weighted by atomic mass is 10.2. The molecule has 152 valence electrons. The van der Waals surface area contributed by atoms with Crippen LogP contribution in [-0.4, -0.2) is 28.5 Å². The molecule has 0 aliphatic rings. The van der Waals surface area contributed by atoms with Crippen molar-refractivity contribution in [3.63, 3.8) is 0 Å². The predicted molar refractivity (Wildman–Crippen MR) is 118 cm³/mol. The van der Waals surface area contributed by atoms with E-state index in [0.717, 1.165) is 22.7 Å². The van der Waals surface area contributed by atoms with Crippen molar-refractivity contribution < 1.29 is 9.53 Å². The summed E-state index contributed by atoms with van der Waals surface area (Å²) in [5.41, 5.74) is 2.10. The van der Waals surface area contributed by atoms with E-state index in [1.165, 1.54) is 0 Å². The summed E-state index contributed by atoms with van der Waals surface area (Å²) in [6.45, 7) is 3.90. The number of aromatic nitrogens is 1. The summed E-state index contributed by atoms with van der Waals surface area (Å²) < 4.78 is 7.76. The highest BCUT2D eigenvalue weighted by molar-refractivity contribution is 6.31. The third kappa shape index (κ3) is 6.02. The van der Waals surface area contributed by atoms with Gasteiger partial charge in [-0.1, -0.05) is 48.3 Å². The van der Waals surface area contributed by atoms with Crippen LogP contribution in [0.2, 0.25) is 10.0 Å². The van der Waals surface area contributed by atoms with Gasteiger partial charge in [0.1, 0.15) is 5.75 Å². The second-order valence-corrected chi connectivity index (χ2v) is 7.62. The summed E-state index contributed by atoms with van der Waals surface area (Å²) in [6.07, 6.45) is 2.88. The molecule has 0 N–H and O–H groups in total. The maximum absolute atomic E-state index is 12.8. The Morgan fingerprint density at radius 3 is 2.52 bits per heavy atom. The second-order valence-electron chi connectivity index (χ2n) is 6.78. The second kappa shape index (κ2) is 10.4. The van der Waals surface area contributed by atoms with E-state index < -0.39 is 0 Å². The molecule has 3 aromatic rings. The number of rotatable bonds is 9. The Kier molecular flexibility index (Phi) is 7.62. The molecule has 0 fully saturated rings. The van der Waals surface area contributed by atoms with E-state index in [-0.39, 0.29) is 12.5 Å². The SMILES string of the molecule is CCCN(Cc1cccn1Cc1ccccc1Cl)C(=O)COc1ccc(Cl)cc1. The van der Waals surface area contributed by atoms with Crippen LogP contribution in [-0.2, 0) is 17.9 Å². The molecule has 0 aliphatic heterocycles. The van der Waals surface area contributed by atoms with Crippen LogP contribution in [0.5, 0.6) is 5.75 Å². The average molecular weight is 431 g/mol. The van der Waals surface area contributed by atoms with Gasteiger partial charge in [-0.05, 0) is 54.4 Å².